The van der Waals surface area contributed by atoms with E-state index < -0.39 is 11.4 Å². The molecule has 0 amide bonds. The molecular weight excluding hydrogens is 282 g/mol. The zero-order valence-corrected chi connectivity index (χ0v) is 14.2. The van der Waals surface area contributed by atoms with Gasteiger partial charge in [-0.25, -0.2) is 0 Å². The van der Waals surface area contributed by atoms with Crippen molar-refractivity contribution in [3.05, 3.63) is 29.8 Å². The van der Waals surface area contributed by atoms with Gasteiger partial charge in [0.1, 0.15) is 10.5 Å². The van der Waals surface area contributed by atoms with Crippen LogP contribution in [-0.4, -0.2) is 21.9 Å². The number of nitrogens with one attached hydrogen (secondary N) is 1. The van der Waals surface area contributed by atoms with Crippen molar-refractivity contribution in [2.24, 2.45) is 0 Å². The van der Waals surface area contributed by atoms with E-state index >= 15 is 0 Å². The first kappa shape index (κ1) is 16.7. The first-order valence-electron chi connectivity index (χ1n) is 7.86. The first-order valence-corrected chi connectivity index (χ1v) is 9.01. The maximum atomic E-state index is 11.9. The van der Waals surface area contributed by atoms with Crippen molar-refractivity contribution in [3.63, 3.8) is 0 Å². The molecule has 0 radical (unpaired) electrons. The van der Waals surface area contributed by atoms with Crippen LogP contribution in [0, 0.1) is 0 Å². The smallest absolute Gasteiger partial charge is 0.136 e. The van der Waals surface area contributed by atoms with Crippen molar-refractivity contribution in [3.8, 4) is 5.75 Å². The van der Waals surface area contributed by atoms with Crippen LogP contribution in [0.4, 0.5) is 0 Å². The first-order chi connectivity index (χ1) is 9.95. The lowest BCUT2D eigenvalue weighted by atomic mass is 10.1. The second-order valence-electron chi connectivity index (χ2n) is 6.70. The van der Waals surface area contributed by atoms with Crippen LogP contribution < -0.4 is 9.46 Å². The third kappa shape index (κ3) is 5.53. The summed E-state index contributed by atoms with van der Waals surface area (Å²) in [7, 11) is 0. The molecule has 1 atom stereocenters. The number of benzene rings is 1. The summed E-state index contributed by atoms with van der Waals surface area (Å²) in [5.41, 5.74) is 1.23. The van der Waals surface area contributed by atoms with Gasteiger partial charge in [-0.1, -0.05) is 12.1 Å². The Kier molecular flexibility index (Phi) is 5.97. The zero-order chi connectivity index (χ0) is 15.3. The molecule has 118 valence electrons. The van der Waals surface area contributed by atoms with Gasteiger partial charge in [-0.2, -0.15) is 0 Å². The Balaban J connectivity index is 1.80. The van der Waals surface area contributed by atoms with E-state index in [2.05, 4.69) is 16.9 Å². The van der Waals surface area contributed by atoms with Gasteiger partial charge in [-0.15, -0.1) is 4.72 Å². The molecule has 0 spiro atoms. The van der Waals surface area contributed by atoms with Gasteiger partial charge in [0.15, 0.2) is 0 Å². The van der Waals surface area contributed by atoms with E-state index in [1.807, 2.05) is 32.9 Å². The summed E-state index contributed by atoms with van der Waals surface area (Å²) in [5, 5.41) is 0. The molecule has 1 N–H and O–H groups in total. The largest absolute Gasteiger partial charge is 0.598 e. The second-order valence-corrected chi connectivity index (χ2v) is 8.75. The monoisotopic (exact) mass is 309 g/mol. The van der Waals surface area contributed by atoms with Crippen LogP contribution in [0.5, 0.6) is 5.75 Å². The molecule has 4 heteroatoms. The molecule has 0 heterocycles. The molecule has 0 saturated heterocycles. The van der Waals surface area contributed by atoms with E-state index in [1.165, 1.54) is 31.2 Å². The molecule has 1 fully saturated rings. The van der Waals surface area contributed by atoms with Gasteiger partial charge < -0.3 is 9.29 Å². The second kappa shape index (κ2) is 7.52. The number of hydrogen-bond donors (Lipinski definition) is 1. The summed E-state index contributed by atoms with van der Waals surface area (Å²) in [4.78, 5) is 0. The summed E-state index contributed by atoms with van der Waals surface area (Å²) in [6.45, 7) is 6.65. The van der Waals surface area contributed by atoms with Crippen LogP contribution in [-0.2, 0) is 17.8 Å². The van der Waals surface area contributed by atoms with E-state index in [0.717, 1.165) is 18.7 Å². The van der Waals surface area contributed by atoms with Crippen LogP contribution in [0.25, 0.3) is 0 Å². The lowest BCUT2D eigenvalue weighted by Gasteiger charge is -2.23. The SMILES string of the molecule is CC(C)(C)[S@@+]([O-])NCCc1cccc(OC2CCCC2)c1. The molecule has 1 aliphatic carbocycles. The predicted molar refractivity (Wildman–Crippen MR) is 88.9 cm³/mol. The molecule has 3 nitrogen and oxygen atoms in total. The van der Waals surface area contributed by atoms with Crippen LogP contribution in [0.3, 0.4) is 0 Å². The summed E-state index contributed by atoms with van der Waals surface area (Å²) in [5.74, 6) is 0.969. The minimum Gasteiger partial charge on any atom is -0.598 e. The fourth-order valence-electron chi connectivity index (χ4n) is 2.48. The number of rotatable bonds is 6. The van der Waals surface area contributed by atoms with Crippen LogP contribution >= 0.6 is 0 Å². The molecule has 1 aromatic rings. The summed E-state index contributed by atoms with van der Waals surface area (Å²) in [6.07, 6.45) is 6.18. The molecule has 1 aliphatic rings. The van der Waals surface area contributed by atoms with Crippen molar-refractivity contribution >= 4 is 11.4 Å². The standard InChI is InChI=1S/C17H27NO2S/c1-17(2,3)21(19)18-12-11-14-7-6-10-16(13-14)20-15-8-4-5-9-15/h6-7,10,13,15,18H,4-5,8-9,11-12H2,1-3H3/t21-/m1/s1. The average Bonchev–Trinajstić information content (AvgIpc) is 2.91. The molecular formula is C17H27NO2S. The molecule has 1 saturated carbocycles. The highest BCUT2D eigenvalue weighted by molar-refractivity contribution is 7.90. The summed E-state index contributed by atoms with van der Waals surface area (Å²) < 4.78 is 20.8. The van der Waals surface area contributed by atoms with Gasteiger partial charge in [0.05, 0.1) is 6.10 Å². The lowest BCUT2D eigenvalue weighted by Crippen LogP contribution is -2.40. The third-order valence-corrected chi connectivity index (χ3v) is 5.29. The zero-order valence-electron chi connectivity index (χ0n) is 13.4. The fraction of sp³-hybridized carbons (Fsp3) is 0.647. The van der Waals surface area contributed by atoms with Gasteiger partial charge in [0.25, 0.3) is 0 Å². The van der Waals surface area contributed by atoms with Gasteiger partial charge >= 0.3 is 0 Å². The van der Waals surface area contributed by atoms with Gasteiger partial charge in [0, 0.05) is 17.9 Å². The fourth-order valence-corrected chi connectivity index (χ4v) is 3.20. The average molecular weight is 309 g/mol. The highest BCUT2D eigenvalue weighted by Gasteiger charge is 2.25. The highest BCUT2D eigenvalue weighted by atomic mass is 32.2. The van der Waals surface area contributed by atoms with Gasteiger partial charge in [0.2, 0.25) is 0 Å². The minimum atomic E-state index is -1.00. The van der Waals surface area contributed by atoms with Crippen LogP contribution in [0.2, 0.25) is 0 Å². The van der Waals surface area contributed by atoms with Crippen molar-refractivity contribution in [1.29, 1.82) is 0 Å². The molecule has 1 aromatic carbocycles. The van der Waals surface area contributed by atoms with Gasteiger partial charge in [-0.3, -0.25) is 0 Å². The summed E-state index contributed by atoms with van der Waals surface area (Å²) in [6, 6.07) is 8.28. The number of hydrogen-bond acceptors (Lipinski definition) is 3. The molecule has 0 unspecified atom stereocenters. The van der Waals surface area contributed by atoms with E-state index in [-0.39, 0.29) is 4.75 Å². The normalized spacial score (nSPS) is 17.9. The topological polar surface area (TPSA) is 44.3 Å². The quantitative estimate of drug-likeness (QED) is 0.817. The maximum absolute atomic E-state index is 11.9. The lowest BCUT2D eigenvalue weighted by molar-refractivity contribution is 0.210. The third-order valence-electron chi connectivity index (χ3n) is 3.71. The minimum absolute atomic E-state index is 0.215. The van der Waals surface area contributed by atoms with E-state index in [9.17, 15) is 4.55 Å². The van der Waals surface area contributed by atoms with Crippen molar-refractivity contribution in [2.45, 2.75) is 63.7 Å². The van der Waals surface area contributed by atoms with E-state index in [1.54, 1.807) is 0 Å². The molecule has 0 bridgehead atoms. The molecule has 0 aromatic heterocycles. The summed E-state index contributed by atoms with van der Waals surface area (Å²) >= 11 is -1.00. The Hall–Kier alpha value is -0.710. The Morgan fingerprint density at radius 3 is 2.67 bits per heavy atom. The van der Waals surface area contributed by atoms with Gasteiger partial charge in [-0.05, 0) is 70.6 Å². The Bertz CT molecular complexity index is 439. The maximum Gasteiger partial charge on any atom is 0.136 e. The highest BCUT2D eigenvalue weighted by Crippen LogP contribution is 2.24. The molecule has 2 rings (SSSR count). The van der Waals surface area contributed by atoms with Crippen LogP contribution in [0.15, 0.2) is 24.3 Å². The van der Waals surface area contributed by atoms with Crippen molar-refractivity contribution in [1.82, 2.24) is 4.72 Å². The number of ether oxygens (including phenoxy) is 1. The van der Waals surface area contributed by atoms with Crippen LogP contribution in [0.1, 0.15) is 52.0 Å². The predicted octanol–water partition coefficient (Wildman–Crippen LogP) is 3.60. The van der Waals surface area contributed by atoms with Crippen molar-refractivity contribution < 1.29 is 9.29 Å². The molecule has 21 heavy (non-hydrogen) atoms. The van der Waals surface area contributed by atoms with E-state index in [4.69, 9.17) is 4.74 Å². The Morgan fingerprint density at radius 2 is 2.00 bits per heavy atom. The molecule has 0 aliphatic heterocycles. The van der Waals surface area contributed by atoms with E-state index in [0.29, 0.717) is 6.10 Å². The van der Waals surface area contributed by atoms with Crippen molar-refractivity contribution in [2.75, 3.05) is 6.54 Å². The Morgan fingerprint density at radius 1 is 1.29 bits per heavy atom. The Labute approximate surface area is 131 Å².